The summed E-state index contributed by atoms with van der Waals surface area (Å²) in [6, 6.07) is 9.38. The molecule has 0 bridgehead atoms. The van der Waals surface area contributed by atoms with Crippen molar-refractivity contribution in [3.8, 4) is 0 Å². The molecule has 0 spiro atoms. The molecule has 1 aliphatic rings. The summed E-state index contributed by atoms with van der Waals surface area (Å²) in [5.74, 6) is -7.62. The van der Waals surface area contributed by atoms with Crippen LogP contribution >= 0.6 is 12.6 Å². The Morgan fingerprint density at radius 3 is 1.91 bits per heavy atom. The molecule has 7 atom stereocenters. The fourth-order valence-electron chi connectivity index (χ4n) is 6.80. The summed E-state index contributed by atoms with van der Waals surface area (Å²) in [7, 11) is 0. The summed E-state index contributed by atoms with van der Waals surface area (Å²) in [6.45, 7) is 1.97. The third-order valence-corrected chi connectivity index (χ3v) is 10.6. The van der Waals surface area contributed by atoms with Gasteiger partial charge in [0.25, 0.3) is 0 Å². The van der Waals surface area contributed by atoms with Gasteiger partial charge >= 0.3 is 5.97 Å². The maximum Gasteiger partial charge on any atom is 0.326 e. The van der Waals surface area contributed by atoms with Gasteiger partial charge in [-0.25, -0.2) is 4.79 Å². The highest BCUT2D eigenvalue weighted by Gasteiger charge is 2.39. The number of benzene rings is 2. The van der Waals surface area contributed by atoms with Gasteiger partial charge in [-0.05, 0) is 49.1 Å². The summed E-state index contributed by atoms with van der Waals surface area (Å²) >= 11 is 4.22. The number of rotatable bonds is 25. The van der Waals surface area contributed by atoms with Crippen LogP contribution in [0.15, 0.2) is 65.7 Å². The Hall–Kier alpha value is -6.26. The summed E-state index contributed by atoms with van der Waals surface area (Å²) in [6.07, 6.45) is 1.11. The summed E-state index contributed by atoms with van der Waals surface area (Å²) < 4.78 is 0. The van der Waals surface area contributed by atoms with Gasteiger partial charge in [0.15, 0.2) is 5.96 Å². The number of likely N-dealkylation sites (tertiary alicyclic amines) is 1. The second kappa shape index (κ2) is 26.4. The topological polar surface area (TPSA) is 343 Å². The van der Waals surface area contributed by atoms with Crippen molar-refractivity contribution in [3.63, 3.8) is 0 Å². The van der Waals surface area contributed by atoms with E-state index < -0.39 is 109 Å². The molecule has 0 saturated carbocycles. The first-order chi connectivity index (χ1) is 30.4. The summed E-state index contributed by atoms with van der Waals surface area (Å²) in [5.41, 5.74) is 18.6. The Morgan fingerprint density at radius 2 is 1.34 bits per heavy atom. The largest absolute Gasteiger partial charge is 0.480 e. The lowest BCUT2D eigenvalue weighted by Gasteiger charge is -2.29. The number of amides is 7. The highest BCUT2D eigenvalue weighted by molar-refractivity contribution is 7.80. The van der Waals surface area contributed by atoms with E-state index in [1.54, 1.807) is 44.2 Å². The number of aliphatic imine (C=N–C) groups is 1. The third kappa shape index (κ3) is 16.8. The number of nitrogens with one attached hydrogen (secondary N) is 6. The van der Waals surface area contributed by atoms with Gasteiger partial charge in [-0.1, -0.05) is 74.5 Å². The van der Waals surface area contributed by atoms with Crippen molar-refractivity contribution in [2.75, 3.05) is 32.0 Å². The van der Waals surface area contributed by atoms with Crippen LogP contribution in [0.2, 0.25) is 0 Å². The van der Waals surface area contributed by atoms with Crippen LogP contribution in [0.4, 0.5) is 0 Å². The van der Waals surface area contributed by atoms with Gasteiger partial charge in [0, 0.05) is 25.3 Å². The molecular formula is C42H61N11O10S. The molecule has 0 aromatic heterocycles. The van der Waals surface area contributed by atoms with Crippen molar-refractivity contribution in [1.82, 2.24) is 36.8 Å². The van der Waals surface area contributed by atoms with Crippen LogP contribution < -0.4 is 49.1 Å². The first-order valence-electron chi connectivity index (χ1n) is 20.9. The number of carbonyl (C=O) groups excluding carboxylic acids is 7. The fourth-order valence-corrected chi connectivity index (χ4v) is 7.05. The lowest BCUT2D eigenvalue weighted by molar-refractivity contribution is -0.150. The Bertz CT molecular complexity index is 1940. The van der Waals surface area contributed by atoms with Gasteiger partial charge in [-0.15, -0.1) is 0 Å². The molecule has 0 unspecified atom stereocenters. The maximum absolute atomic E-state index is 13.7. The van der Waals surface area contributed by atoms with E-state index in [0.29, 0.717) is 6.42 Å². The van der Waals surface area contributed by atoms with Crippen molar-refractivity contribution in [2.24, 2.45) is 28.1 Å². The Balaban J connectivity index is 1.68. The van der Waals surface area contributed by atoms with Gasteiger partial charge in [-0.3, -0.25) is 38.6 Å². The number of aliphatic carboxylic acids is 1. The average Bonchev–Trinajstić information content (AvgIpc) is 3.77. The van der Waals surface area contributed by atoms with Gasteiger partial charge in [-0.2, -0.15) is 12.6 Å². The van der Waals surface area contributed by atoms with Crippen molar-refractivity contribution in [2.45, 2.75) is 94.7 Å². The van der Waals surface area contributed by atoms with Crippen LogP contribution in [0.25, 0.3) is 0 Å². The minimum atomic E-state index is -1.49. The smallest absolute Gasteiger partial charge is 0.326 e. The highest BCUT2D eigenvalue weighted by Crippen LogP contribution is 2.19. The molecular weight excluding hydrogens is 851 g/mol. The Morgan fingerprint density at radius 1 is 0.766 bits per heavy atom. The number of guanidine groups is 1. The molecule has 1 saturated heterocycles. The number of aliphatic hydroxyl groups is 1. The molecule has 1 fully saturated rings. The van der Waals surface area contributed by atoms with E-state index in [1.807, 2.05) is 30.3 Å². The summed E-state index contributed by atoms with van der Waals surface area (Å²) in [4.78, 5) is 110. The van der Waals surface area contributed by atoms with Crippen LogP contribution in [0.1, 0.15) is 50.7 Å². The highest BCUT2D eigenvalue weighted by atomic mass is 32.1. The standard InChI is InChI=1S/C42H61N11O10S/c1-24(2)34(39(60)50-30(22-54)40(61)53-18-10-16-32(53)41(62)63)52-38(59)31(23-64)51-37(58)28(15-9-17-46-42(44)45)48-33(55)21-47-36(57)29(20-26-13-7-4-8-14-26)49-35(56)27(43)19-25-11-5-3-6-12-25/h3-8,11-14,24,27-32,34,54,64H,9-10,15-23,43H2,1-2H3,(H,47,57)(H,48,55)(H,49,56)(H,50,60)(H,51,58)(H,52,59)(H,62,63)(H4,44,45,46)/t27-,28-,29-,30-,31-,32-,34-/m0/s1. The molecule has 1 aliphatic heterocycles. The van der Waals surface area contributed by atoms with Crippen molar-refractivity contribution < 1.29 is 48.6 Å². The number of carboxylic acid groups (broad SMARTS) is 1. The number of carboxylic acids is 1. The molecule has 21 nitrogen and oxygen atoms in total. The van der Waals surface area contributed by atoms with E-state index in [0.717, 1.165) is 16.0 Å². The first-order valence-corrected chi connectivity index (χ1v) is 21.5. The van der Waals surface area contributed by atoms with Crippen LogP contribution in [-0.4, -0.2) is 143 Å². The van der Waals surface area contributed by atoms with Gasteiger partial charge in [0.05, 0.1) is 19.2 Å². The lowest BCUT2D eigenvalue weighted by Crippen LogP contribution is -2.61. The number of aliphatic hydroxyl groups excluding tert-OH is 1. The zero-order valence-electron chi connectivity index (χ0n) is 35.9. The Kier molecular flexibility index (Phi) is 21.5. The molecule has 22 heteroatoms. The molecule has 0 aliphatic carbocycles. The predicted octanol–water partition coefficient (Wildman–Crippen LogP) is -2.95. The monoisotopic (exact) mass is 911 g/mol. The number of carbonyl (C=O) groups is 8. The zero-order chi connectivity index (χ0) is 47.3. The molecule has 350 valence electrons. The zero-order valence-corrected chi connectivity index (χ0v) is 36.8. The molecule has 3 rings (SSSR count). The van der Waals surface area contributed by atoms with E-state index in [9.17, 15) is 48.6 Å². The molecule has 1 heterocycles. The van der Waals surface area contributed by atoms with E-state index >= 15 is 0 Å². The van der Waals surface area contributed by atoms with E-state index in [1.165, 1.54) is 0 Å². The van der Waals surface area contributed by atoms with E-state index in [2.05, 4.69) is 49.5 Å². The van der Waals surface area contributed by atoms with Gasteiger partial charge < -0.3 is 64.2 Å². The van der Waals surface area contributed by atoms with Gasteiger partial charge in [0.2, 0.25) is 41.4 Å². The Labute approximate surface area is 376 Å². The first kappa shape index (κ1) is 52.1. The molecule has 2 aromatic rings. The minimum absolute atomic E-state index is 0.0252. The second-order valence-corrected chi connectivity index (χ2v) is 15.9. The van der Waals surface area contributed by atoms with E-state index in [4.69, 9.17) is 17.2 Å². The third-order valence-electron chi connectivity index (χ3n) is 10.3. The summed E-state index contributed by atoms with van der Waals surface area (Å²) in [5, 5.41) is 34.7. The number of nitrogens with zero attached hydrogens (tertiary/aromatic N) is 2. The average molecular weight is 912 g/mol. The number of thiol groups is 1. The molecule has 7 amide bonds. The quantitative estimate of drug-likeness (QED) is 0.0206. The van der Waals surface area contributed by atoms with Crippen molar-refractivity contribution in [3.05, 3.63) is 71.8 Å². The number of hydrogen-bond donors (Lipinski definition) is 12. The van der Waals surface area contributed by atoms with Crippen LogP contribution in [0.3, 0.4) is 0 Å². The molecule has 2 aromatic carbocycles. The fraction of sp³-hybridized carbons (Fsp3) is 0.500. The van der Waals surface area contributed by atoms with Crippen LogP contribution in [0.5, 0.6) is 0 Å². The normalized spacial score (nSPS) is 16.2. The predicted molar refractivity (Wildman–Crippen MR) is 239 cm³/mol. The lowest BCUT2D eigenvalue weighted by atomic mass is 10.0. The van der Waals surface area contributed by atoms with Crippen LogP contribution in [0, 0.1) is 5.92 Å². The second-order valence-electron chi connectivity index (χ2n) is 15.6. The van der Waals surface area contributed by atoms with Crippen LogP contribution in [-0.2, 0) is 51.2 Å². The van der Waals surface area contributed by atoms with Crippen molar-refractivity contribution in [1.29, 1.82) is 0 Å². The molecule has 14 N–H and O–H groups in total. The van der Waals surface area contributed by atoms with Crippen molar-refractivity contribution >= 4 is 65.9 Å². The van der Waals surface area contributed by atoms with Gasteiger partial charge in [0.1, 0.15) is 36.3 Å². The SMILES string of the molecule is CC(C)[C@H](NC(=O)[C@H](CS)NC(=O)[C@H](CCCN=C(N)N)NC(=O)CNC(=O)[C@H](Cc1ccccc1)NC(=O)[C@@H](N)Cc1ccccc1)C(=O)N[C@@H](CO)C(=O)N1CCC[C@H]1C(=O)O. The van der Waals surface area contributed by atoms with E-state index in [-0.39, 0.29) is 56.9 Å². The molecule has 0 radical (unpaired) electrons. The minimum Gasteiger partial charge on any atom is -0.480 e. The number of nitrogens with two attached hydrogens (primary N) is 3. The molecule has 64 heavy (non-hydrogen) atoms. The maximum atomic E-state index is 13.7. The number of hydrogen-bond acceptors (Lipinski definition) is 12.